The lowest BCUT2D eigenvalue weighted by molar-refractivity contribution is -0.385. The average molecular weight is 364 g/mol. The predicted molar refractivity (Wildman–Crippen MR) is 90.4 cm³/mol. The molecule has 0 aliphatic carbocycles. The van der Waals surface area contributed by atoms with Crippen molar-refractivity contribution in [2.24, 2.45) is 0 Å². The average Bonchev–Trinajstić information content (AvgIpc) is 2.79. The summed E-state index contributed by atoms with van der Waals surface area (Å²) in [5, 5.41) is 11.0. The molecule has 2 aromatic rings. The van der Waals surface area contributed by atoms with Crippen molar-refractivity contribution >= 4 is 21.4 Å². The molecule has 0 fully saturated rings. The van der Waals surface area contributed by atoms with Crippen LogP contribution in [0.4, 0.5) is 11.4 Å². The monoisotopic (exact) mass is 364 g/mol. The molecule has 132 valence electrons. The van der Waals surface area contributed by atoms with Gasteiger partial charge in [-0.1, -0.05) is 6.07 Å². The summed E-state index contributed by atoms with van der Waals surface area (Å²) in [4.78, 5) is 10.2. The Kier molecular flexibility index (Phi) is 3.83. The quantitative estimate of drug-likeness (QED) is 0.659. The second kappa shape index (κ2) is 5.62. The summed E-state index contributed by atoms with van der Waals surface area (Å²) < 4.78 is 38.8. The zero-order valence-electron chi connectivity index (χ0n) is 13.8. The fraction of sp³-hybridized carbons (Fsp3) is 0.250. The van der Waals surface area contributed by atoms with E-state index in [2.05, 4.69) is 4.72 Å². The van der Waals surface area contributed by atoms with Crippen molar-refractivity contribution in [1.29, 1.82) is 0 Å². The second-order valence-electron chi connectivity index (χ2n) is 6.03. The van der Waals surface area contributed by atoms with Crippen molar-refractivity contribution in [3.63, 3.8) is 0 Å². The molecule has 1 heterocycles. The van der Waals surface area contributed by atoms with Crippen molar-refractivity contribution in [3.05, 3.63) is 52.1 Å². The van der Waals surface area contributed by atoms with E-state index in [9.17, 15) is 18.5 Å². The van der Waals surface area contributed by atoms with E-state index < -0.39 is 20.7 Å². The molecule has 25 heavy (non-hydrogen) atoms. The zero-order valence-corrected chi connectivity index (χ0v) is 14.6. The Morgan fingerprint density at radius 2 is 1.80 bits per heavy atom. The molecule has 1 aliphatic rings. The number of nitro groups is 1. The lowest BCUT2D eigenvalue weighted by Crippen LogP contribution is -2.29. The number of rotatable bonds is 4. The molecule has 9 heteroatoms. The maximum Gasteiger partial charge on any atom is 0.273 e. The molecule has 0 spiro atoms. The Morgan fingerprint density at radius 1 is 1.12 bits per heavy atom. The molecular formula is C16H16N2O6S. The van der Waals surface area contributed by atoms with Gasteiger partial charge < -0.3 is 9.47 Å². The zero-order chi connectivity index (χ0) is 18.4. The fourth-order valence-corrected chi connectivity index (χ4v) is 3.90. The summed E-state index contributed by atoms with van der Waals surface area (Å²) in [6, 6.07) is 8.56. The lowest BCUT2D eigenvalue weighted by Gasteiger charge is -2.16. The van der Waals surface area contributed by atoms with Crippen LogP contribution >= 0.6 is 0 Å². The van der Waals surface area contributed by atoms with E-state index in [1.807, 2.05) is 0 Å². The number of anilines is 1. The third-order valence-electron chi connectivity index (χ3n) is 3.65. The number of fused-ring (bicyclic) bond motifs is 1. The van der Waals surface area contributed by atoms with Crippen LogP contribution in [-0.4, -0.2) is 19.1 Å². The van der Waals surface area contributed by atoms with Gasteiger partial charge in [-0.3, -0.25) is 14.8 Å². The van der Waals surface area contributed by atoms with Crippen LogP contribution in [0, 0.1) is 17.0 Å². The summed E-state index contributed by atoms with van der Waals surface area (Å²) in [5.74, 6) is 0.108. The van der Waals surface area contributed by atoms with Crippen molar-refractivity contribution in [1.82, 2.24) is 0 Å². The van der Waals surface area contributed by atoms with Crippen LogP contribution in [0.3, 0.4) is 0 Å². The summed E-state index contributed by atoms with van der Waals surface area (Å²) in [5.41, 5.74) is 0.0862. The molecule has 0 saturated carbocycles. The van der Waals surface area contributed by atoms with E-state index in [0.717, 1.165) is 0 Å². The van der Waals surface area contributed by atoms with E-state index >= 15 is 0 Å². The maximum atomic E-state index is 12.6. The van der Waals surface area contributed by atoms with Gasteiger partial charge in [0.15, 0.2) is 11.5 Å². The van der Waals surface area contributed by atoms with Gasteiger partial charge in [-0.25, -0.2) is 8.42 Å². The second-order valence-corrected chi connectivity index (χ2v) is 7.68. The molecule has 8 nitrogen and oxygen atoms in total. The number of ether oxygens (including phenoxy) is 2. The largest absolute Gasteiger partial charge is 0.449 e. The number of nitrogens with zero attached hydrogens (tertiary/aromatic N) is 1. The van der Waals surface area contributed by atoms with Crippen LogP contribution in [0.5, 0.6) is 11.5 Å². The van der Waals surface area contributed by atoms with Gasteiger partial charge in [-0.05, 0) is 25.1 Å². The maximum absolute atomic E-state index is 12.6. The summed E-state index contributed by atoms with van der Waals surface area (Å²) in [6.07, 6.45) is 0. The van der Waals surface area contributed by atoms with Gasteiger partial charge in [0, 0.05) is 31.5 Å². The topological polar surface area (TPSA) is 108 Å². The molecule has 0 aromatic heterocycles. The Morgan fingerprint density at radius 3 is 2.48 bits per heavy atom. The van der Waals surface area contributed by atoms with Gasteiger partial charge >= 0.3 is 0 Å². The number of hydrogen-bond acceptors (Lipinski definition) is 6. The molecule has 0 saturated heterocycles. The Balaban J connectivity index is 1.94. The highest BCUT2D eigenvalue weighted by atomic mass is 32.2. The fourth-order valence-electron chi connectivity index (χ4n) is 2.59. The minimum Gasteiger partial charge on any atom is -0.449 e. The molecule has 3 rings (SSSR count). The number of benzene rings is 2. The van der Waals surface area contributed by atoms with Gasteiger partial charge in [0.1, 0.15) is 0 Å². The van der Waals surface area contributed by atoms with Gasteiger partial charge in [0.2, 0.25) is 5.79 Å². The first-order chi connectivity index (χ1) is 11.6. The van der Waals surface area contributed by atoms with E-state index in [1.54, 1.807) is 19.9 Å². The third-order valence-corrected chi connectivity index (χ3v) is 5.17. The van der Waals surface area contributed by atoms with Crippen molar-refractivity contribution in [2.75, 3.05) is 4.72 Å². The summed E-state index contributed by atoms with van der Waals surface area (Å²) >= 11 is 0. The predicted octanol–water partition coefficient (Wildman–Crippen LogP) is 3.21. The van der Waals surface area contributed by atoms with Gasteiger partial charge in [-0.15, -0.1) is 0 Å². The van der Waals surface area contributed by atoms with Crippen molar-refractivity contribution in [2.45, 2.75) is 31.5 Å². The van der Waals surface area contributed by atoms with Crippen LogP contribution < -0.4 is 14.2 Å². The smallest absolute Gasteiger partial charge is 0.273 e. The first kappa shape index (κ1) is 17.0. The van der Waals surface area contributed by atoms with Gasteiger partial charge in [-0.2, -0.15) is 0 Å². The minimum absolute atomic E-state index is 0.0712. The molecule has 0 unspecified atom stereocenters. The summed E-state index contributed by atoms with van der Waals surface area (Å²) in [6.45, 7) is 4.88. The summed E-state index contributed by atoms with van der Waals surface area (Å²) in [7, 11) is -4.00. The SMILES string of the molecule is Cc1c([N+](=O)[O-])cccc1S(=O)(=O)Nc1ccc2c(c1)OC(C)(C)O2. The molecule has 1 N–H and O–H groups in total. The molecule has 2 aromatic carbocycles. The molecule has 0 bridgehead atoms. The first-order valence-corrected chi connectivity index (χ1v) is 8.86. The Hall–Kier alpha value is -2.81. The van der Waals surface area contributed by atoms with Crippen molar-refractivity contribution in [3.8, 4) is 11.5 Å². The first-order valence-electron chi connectivity index (χ1n) is 7.38. The van der Waals surface area contributed by atoms with E-state index in [0.29, 0.717) is 11.5 Å². The standard InChI is InChI=1S/C16H16N2O6S/c1-10-12(18(19)20)5-4-6-15(10)25(21,22)17-11-7-8-13-14(9-11)24-16(2,3)23-13/h4-9,17H,1-3H3. The molecule has 1 aliphatic heterocycles. The van der Waals surface area contributed by atoms with E-state index in [4.69, 9.17) is 9.47 Å². The highest BCUT2D eigenvalue weighted by molar-refractivity contribution is 7.92. The third kappa shape index (κ3) is 3.22. The Bertz CT molecular complexity index is 969. The minimum atomic E-state index is -4.00. The van der Waals surface area contributed by atoms with Crippen molar-refractivity contribution < 1.29 is 22.8 Å². The van der Waals surface area contributed by atoms with Crippen LogP contribution in [0.1, 0.15) is 19.4 Å². The van der Waals surface area contributed by atoms with Gasteiger partial charge in [0.05, 0.1) is 15.5 Å². The number of nitrogens with one attached hydrogen (secondary N) is 1. The normalized spacial score (nSPS) is 15.0. The molecule has 0 atom stereocenters. The van der Waals surface area contributed by atoms with E-state index in [-0.39, 0.29) is 21.8 Å². The van der Waals surface area contributed by atoms with E-state index in [1.165, 1.54) is 37.3 Å². The van der Waals surface area contributed by atoms with Crippen LogP contribution in [0.25, 0.3) is 0 Å². The Labute approximate surface area is 144 Å². The molecule has 0 radical (unpaired) electrons. The van der Waals surface area contributed by atoms with Crippen LogP contribution in [-0.2, 0) is 10.0 Å². The number of sulfonamides is 1. The highest BCUT2D eigenvalue weighted by Crippen LogP contribution is 2.41. The van der Waals surface area contributed by atoms with Crippen LogP contribution in [0.2, 0.25) is 0 Å². The number of hydrogen-bond donors (Lipinski definition) is 1. The number of nitro benzene ring substituents is 1. The highest BCUT2D eigenvalue weighted by Gasteiger charge is 2.32. The van der Waals surface area contributed by atoms with Gasteiger partial charge in [0.25, 0.3) is 15.7 Å². The molecular weight excluding hydrogens is 348 g/mol. The van der Waals surface area contributed by atoms with Crippen LogP contribution in [0.15, 0.2) is 41.3 Å². The lowest BCUT2D eigenvalue weighted by atomic mass is 10.2. The molecule has 0 amide bonds.